The van der Waals surface area contributed by atoms with Gasteiger partial charge in [0.25, 0.3) is 0 Å². The number of benzene rings is 2. The molecule has 2 fully saturated rings. The SMILES string of the molecule is [C-]#[N+]C[C@@H]1CCCN(c2nc(OC[C@@H]3CCCN3C(C)C)nc3c2CCN(c2cccc4ccccc24)C3)C1. The summed E-state index contributed by atoms with van der Waals surface area (Å²) in [5, 5.41) is 2.54. The molecule has 0 amide bonds. The Kier molecular flexibility index (Phi) is 7.56. The Labute approximate surface area is 232 Å². The van der Waals surface area contributed by atoms with Crippen molar-refractivity contribution in [2.24, 2.45) is 5.92 Å². The third-order valence-electron chi connectivity index (χ3n) is 8.79. The molecule has 6 rings (SSSR count). The van der Waals surface area contributed by atoms with Crippen LogP contribution in [0, 0.1) is 12.5 Å². The van der Waals surface area contributed by atoms with Gasteiger partial charge < -0.3 is 19.4 Å². The molecule has 7 nitrogen and oxygen atoms in total. The van der Waals surface area contributed by atoms with Crippen LogP contribution in [0.5, 0.6) is 6.01 Å². The highest BCUT2D eigenvalue weighted by atomic mass is 16.5. The highest BCUT2D eigenvalue weighted by molar-refractivity contribution is 5.94. The Bertz CT molecular complexity index is 1340. The molecule has 4 heterocycles. The summed E-state index contributed by atoms with van der Waals surface area (Å²) in [6.45, 7) is 17.8. The molecule has 3 aliphatic rings. The number of rotatable bonds is 7. The lowest BCUT2D eigenvalue weighted by atomic mass is 9.96. The molecule has 0 bridgehead atoms. The highest BCUT2D eigenvalue weighted by Crippen LogP contribution is 2.35. The number of aromatic nitrogens is 2. The molecule has 3 aliphatic heterocycles. The minimum Gasteiger partial charge on any atom is -0.462 e. The van der Waals surface area contributed by atoms with E-state index in [0.29, 0.717) is 37.2 Å². The Morgan fingerprint density at radius 1 is 1.00 bits per heavy atom. The summed E-state index contributed by atoms with van der Waals surface area (Å²) in [5.74, 6) is 1.44. The third-order valence-corrected chi connectivity index (χ3v) is 8.79. The Morgan fingerprint density at radius 2 is 1.85 bits per heavy atom. The molecular formula is C32H40N6O. The molecule has 0 unspecified atom stereocenters. The first-order chi connectivity index (χ1) is 19.1. The summed E-state index contributed by atoms with van der Waals surface area (Å²) >= 11 is 0. The Hall–Kier alpha value is -3.37. The quantitative estimate of drug-likeness (QED) is 0.376. The summed E-state index contributed by atoms with van der Waals surface area (Å²) < 4.78 is 6.40. The molecule has 0 spiro atoms. The zero-order valence-electron chi connectivity index (χ0n) is 23.4. The average molecular weight is 525 g/mol. The largest absolute Gasteiger partial charge is 0.462 e. The smallest absolute Gasteiger partial charge is 0.318 e. The first-order valence-electron chi connectivity index (χ1n) is 14.7. The molecule has 2 aromatic carbocycles. The maximum atomic E-state index is 7.39. The fraction of sp³-hybridized carbons (Fsp3) is 0.531. The van der Waals surface area contributed by atoms with Gasteiger partial charge in [-0.05, 0) is 63.9 Å². The lowest BCUT2D eigenvalue weighted by Gasteiger charge is -2.36. The summed E-state index contributed by atoms with van der Waals surface area (Å²) in [6, 6.07) is 16.6. The number of ether oxygens (including phenoxy) is 1. The van der Waals surface area contributed by atoms with Crippen LogP contribution in [0.1, 0.15) is 50.8 Å². The monoisotopic (exact) mass is 524 g/mol. The van der Waals surface area contributed by atoms with E-state index in [2.05, 4.69) is 75.9 Å². The first-order valence-corrected chi connectivity index (χ1v) is 14.7. The van der Waals surface area contributed by atoms with Crippen molar-refractivity contribution in [2.45, 2.75) is 64.6 Å². The topological polar surface area (TPSA) is 49.1 Å². The predicted molar refractivity (Wildman–Crippen MR) is 157 cm³/mol. The summed E-state index contributed by atoms with van der Waals surface area (Å²) in [5.41, 5.74) is 3.59. The van der Waals surface area contributed by atoms with Gasteiger partial charge in [-0.15, -0.1) is 0 Å². The molecule has 0 N–H and O–H groups in total. The van der Waals surface area contributed by atoms with Gasteiger partial charge in [-0.2, -0.15) is 9.97 Å². The van der Waals surface area contributed by atoms with Crippen molar-refractivity contribution in [2.75, 3.05) is 49.1 Å². The number of fused-ring (bicyclic) bond motifs is 2. The van der Waals surface area contributed by atoms with Crippen LogP contribution < -0.4 is 14.5 Å². The number of hydrogen-bond acceptors (Lipinski definition) is 6. The molecule has 0 saturated carbocycles. The molecule has 0 radical (unpaired) electrons. The number of likely N-dealkylation sites (tertiary alicyclic amines) is 1. The fourth-order valence-electron chi connectivity index (χ4n) is 6.83. The zero-order valence-corrected chi connectivity index (χ0v) is 23.4. The second-order valence-electron chi connectivity index (χ2n) is 11.7. The molecule has 204 valence electrons. The van der Waals surface area contributed by atoms with Crippen molar-refractivity contribution in [3.05, 3.63) is 65.1 Å². The average Bonchev–Trinajstić information content (AvgIpc) is 3.45. The molecule has 3 aromatic rings. The number of hydrogen-bond donors (Lipinski definition) is 0. The number of anilines is 2. The van der Waals surface area contributed by atoms with Crippen molar-refractivity contribution < 1.29 is 4.74 Å². The van der Waals surface area contributed by atoms with Crippen LogP contribution in [-0.4, -0.2) is 66.3 Å². The molecule has 39 heavy (non-hydrogen) atoms. The second-order valence-corrected chi connectivity index (χ2v) is 11.7. The van der Waals surface area contributed by atoms with E-state index in [-0.39, 0.29) is 0 Å². The normalized spacial score (nSPS) is 21.8. The lowest BCUT2D eigenvalue weighted by Crippen LogP contribution is -2.40. The van der Waals surface area contributed by atoms with E-state index in [0.717, 1.165) is 69.9 Å². The van der Waals surface area contributed by atoms with Crippen molar-refractivity contribution in [1.29, 1.82) is 0 Å². The summed E-state index contributed by atoms with van der Waals surface area (Å²) in [4.78, 5) is 21.2. The molecule has 1 aromatic heterocycles. The summed E-state index contributed by atoms with van der Waals surface area (Å²) in [6.07, 6.45) is 5.51. The minimum atomic E-state index is 0.403. The van der Waals surface area contributed by atoms with E-state index in [9.17, 15) is 0 Å². The van der Waals surface area contributed by atoms with E-state index in [1.807, 2.05) is 0 Å². The van der Waals surface area contributed by atoms with E-state index in [1.54, 1.807) is 0 Å². The van der Waals surface area contributed by atoms with Gasteiger partial charge in [-0.3, -0.25) is 4.90 Å². The van der Waals surface area contributed by atoms with Gasteiger partial charge >= 0.3 is 6.01 Å². The van der Waals surface area contributed by atoms with Gasteiger partial charge in [-0.25, -0.2) is 6.57 Å². The molecule has 0 aliphatic carbocycles. The zero-order chi connectivity index (χ0) is 26.8. The van der Waals surface area contributed by atoms with Crippen LogP contribution in [0.2, 0.25) is 0 Å². The van der Waals surface area contributed by atoms with Gasteiger partial charge in [0, 0.05) is 54.3 Å². The van der Waals surface area contributed by atoms with Crippen LogP contribution in [0.4, 0.5) is 11.5 Å². The van der Waals surface area contributed by atoms with Gasteiger partial charge in [-0.1, -0.05) is 36.4 Å². The Morgan fingerprint density at radius 3 is 2.72 bits per heavy atom. The number of piperidine rings is 1. The van der Waals surface area contributed by atoms with Gasteiger partial charge in [0.15, 0.2) is 0 Å². The van der Waals surface area contributed by atoms with E-state index < -0.39 is 0 Å². The standard InChI is InChI=1S/C32H40N6O/c1-23(2)38-17-8-12-26(38)22-39-32-34-29-21-36(30-14-6-11-25-10-4-5-13-27(25)30)18-15-28(29)31(35-32)37-16-7-9-24(20-37)19-33-3/h4-6,10-11,13-14,23-24,26H,7-9,12,15-22H2,1-2H3/t24-,26-/m0/s1. The molecule has 7 heteroatoms. The van der Waals surface area contributed by atoms with Crippen LogP contribution in [0.15, 0.2) is 42.5 Å². The molecule has 2 atom stereocenters. The summed E-state index contributed by atoms with van der Waals surface area (Å²) in [7, 11) is 0. The predicted octanol–water partition coefficient (Wildman–Crippen LogP) is 5.58. The van der Waals surface area contributed by atoms with Crippen LogP contribution in [0.3, 0.4) is 0 Å². The molecular weight excluding hydrogens is 484 g/mol. The lowest BCUT2D eigenvalue weighted by molar-refractivity contribution is 0.138. The minimum absolute atomic E-state index is 0.403. The van der Waals surface area contributed by atoms with Crippen LogP contribution >= 0.6 is 0 Å². The van der Waals surface area contributed by atoms with Crippen molar-refractivity contribution in [1.82, 2.24) is 14.9 Å². The van der Waals surface area contributed by atoms with Gasteiger partial charge in [0.1, 0.15) is 12.4 Å². The van der Waals surface area contributed by atoms with E-state index in [1.165, 1.54) is 28.4 Å². The Balaban J connectivity index is 1.31. The van der Waals surface area contributed by atoms with Gasteiger partial charge in [0.2, 0.25) is 6.54 Å². The molecule has 2 saturated heterocycles. The highest BCUT2D eigenvalue weighted by Gasteiger charge is 2.31. The van der Waals surface area contributed by atoms with Crippen LogP contribution in [-0.2, 0) is 13.0 Å². The van der Waals surface area contributed by atoms with Crippen molar-refractivity contribution >= 4 is 22.3 Å². The maximum absolute atomic E-state index is 7.39. The van der Waals surface area contributed by atoms with Crippen molar-refractivity contribution in [3.63, 3.8) is 0 Å². The maximum Gasteiger partial charge on any atom is 0.318 e. The third kappa shape index (κ3) is 5.40. The first kappa shape index (κ1) is 25.9. The fourth-order valence-corrected chi connectivity index (χ4v) is 6.83. The van der Waals surface area contributed by atoms with Crippen LogP contribution in [0.25, 0.3) is 15.6 Å². The van der Waals surface area contributed by atoms with E-state index in [4.69, 9.17) is 21.3 Å². The van der Waals surface area contributed by atoms with Gasteiger partial charge in [0.05, 0.1) is 12.2 Å². The second kappa shape index (κ2) is 11.4. The number of nitrogens with zero attached hydrogens (tertiary/aromatic N) is 6. The van der Waals surface area contributed by atoms with Crippen molar-refractivity contribution in [3.8, 4) is 6.01 Å². The van der Waals surface area contributed by atoms with E-state index >= 15 is 0 Å².